The molecule has 4 nitrogen and oxygen atoms in total. The van der Waals surface area contributed by atoms with Gasteiger partial charge in [0, 0.05) is 24.7 Å². The third-order valence-corrected chi connectivity index (χ3v) is 3.56. The van der Waals surface area contributed by atoms with Gasteiger partial charge in [0.1, 0.15) is 0 Å². The van der Waals surface area contributed by atoms with E-state index in [2.05, 4.69) is 13.8 Å². The van der Waals surface area contributed by atoms with Gasteiger partial charge in [-0.3, -0.25) is 0 Å². The quantitative estimate of drug-likeness (QED) is 0.881. The summed E-state index contributed by atoms with van der Waals surface area (Å²) in [6.07, 6.45) is 2.64. The lowest BCUT2D eigenvalue weighted by atomic mass is 9.99. The number of carbonyl (C=O) groups is 1. The predicted octanol–water partition coefficient (Wildman–Crippen LogP) is 3.15. The second-order valence-electron chi connectivity index (χ2n) is 5.52. The maximum atomic E-state index is 11.5. The molecular weight excluding hydrogens is 254 g/mol. The molecule has 0 aliphatic heterocycles. The number of aliphatic hydroxyl groups is 1. The monoisotopic (exact) mass is 275 g/mol. The Morgan fingerprint density at radius 2 is 2.05 bits per heavy atom. The van der Waals surface area contributed by atoms with E-state index < -0.39 is 5.97 Å². The zero-order chi connectivity index (χ0) is 14.9. The van der Waals surface area contributed by atoms with E-state index in [9.17, 15) is 9.90 Å². The standard InChI is InChI=1S/C16H21NO3/c1-10(2)14-9-17(5-4-6-18)15-12(14)7-11(3)8-13(15)16(19)20/h7-10,18H,4-6H2,1-3H3,(H,19,20). The van der Waals surface area contributed by atoms with Gasteiger partial charge in [0.25, 0.3) is 0 Å². The first-order chi connectivity index (χ1) is 9.45. The smallest absolute Gasteiger partial charge is 0.337 e. The van der Waals surface area contributed by atoms with E-state index in [4.69, 9.17) is 5.11 Å². The number of aromatic carboxylic acids is 1. The molecule has 0 atom stereocenters. The van der Waals surface area contributed by atoms with Gasteiger partial charge in [-0.15, -0.1) is 0 Å². The van der Waals surface area contributed by atoms with Gasteiger partial charge in [0.05, 0.1) is 11.1 Å². The molecule has 2 N–H and O–H groups in total. The molecule has 0 fully saturated rings. The molecule has 0 aliphatic rings. The summed E-state index contributed by atoms with van der Waals surface area (Å²) in [7, 11) is 0. The topological polar surface area (TPSA) is 62.5 Å². The van der Waals surface area contributed by atoms with Crippen molar-refractivity contribution >= 4 is 16.9 Å². The average Bonchev–Trinajstić information content (AvgIpc) is 2.73. The molecule has 2 rings (SSSR count). The molecule has 20 heavy (non-hydrogen) atoms. The number of nitrogens with zero attached hydrogens (tertiary/aromatic N) is 1. The fourth-order valence-corrected chi connectivity index (χ4v) is 2.65. The van der Waals surface area contributed by atoms with Crippen LogP contribution in [0.1, 0.15) is 47.7 Å². The van der Waals surface area contributed by atoms with Crippen molar-refractivity contribution in [3.63, 3.8) is 0 Å². The van der Waals surface area contributed by atoms with Gasteiger partial charge in [-0.05, 0) is 42.5 Å². The first-order valence-electron chi connectivity index (χ1n) is 6.93. The lowest BCUT2D eigenvalue weighted by Crippen LogP contribution is -2.04. The fourth-order valence-electron chi connectivity index (χ4n) is 2.65. The Kier molecular flexibility index (Phi) is 4.14. The van der Waals surface area contributed by atoms with E-state index >= 15 is 0 Å². The molecule has 0 radical (unpaired) electrons. The molecule has 0 aliphatic carbocycles. The Morgan fingerprint density at radius 1 is 1.35 bits per heavy atom. The van der Waals surface area contributed by atoms with Gasteiger partial charge in [0.15, 0.2) is 0 Å². The van der Waals surface area contributed by atoms with Crippen LogP contribution in [0.2, 0.25) is 0 Å². The van der Waals surface area contributed by atoms with E-state index in [0.29, 0.717) is 24.4 Å². The molecule has 4 heteroatoms. The Balaban J connectivity index is 2.75. The number of aliphatic hydroxyl groups excluding tert-OH is 1. The molecule has 2 aromatic rings. The molecule has 0 bridgehead atoms. The van der Waals surface area contributed by atoms with Gasteiger partial charge in [-0.25, -0.2) is 4.79 Å². The molecule has 1 aromatic carbocycles. The normalized spacial score (nSPS) is 11.4. The van der Waals surface area contributed by atoms with E-state index in [1.54, 1.807) is 6.07 Å². The number of benzene rings is 1. The van der Waals surface area contributed by atoms with Crippen LogP contribution in [0.5, 0.6) is 0 Å². The number of hydrogen-bond donors (Lipinski definition) is 2. The number of fused-ring (bicyclic) bond motifs is 1. The predicted molar refractivity (Wildman–Crippen MR) is 79.4 cm³/mol. The highest BCUT2D eigenvalue weighted by Gasteiger charge is 2.18. The largest absolute Gasteiger partial charge is 0.478 e. The van der Waals surface area contributed by atoms with Gasteiger partial charge in [-0.1, -0.05) is 13.8 Å². The van der Waals surface area contributed by atoms with Crippen LogP contribution in [-0.2, 0) is 6.54 Å². The fraction of sp³-hybridized carbons (Fsp3) is 0.438. The zero-order valence-electron chi connectivity index (χ0n) is 12.2. The van der Waals surface area contributed by atoms with Gasteiger partial charge >= 0.3 is 5.97 Å². The van der Waals surface area contributed by atoms with Gasteiger partial charge in [-0.2, -0.15) is 0 Å². The zero-order valence-corrected chi connectivity index (χ0v) is 12.2. The van der Waals surface area contributed by atoms with Crippen molar-refractivity contribution in [3.8, 4) is 0 Å². The van der Waals surface area contributed by atoms with Crippen molar-refractivity contribution < 1.29 is 15.0 Å². The summed E-state index contributed by atoms with van der Waals surface area (Å²) in [5.74, 6) is -0.575. The van der Waals surface area contributed by atoms with Crippen LogP contribution in [0.25, 0.3) is 10.9 Å². The van der Waals surface area contributed by atoms with Crippen molar-refractivity contribution in [2.24, 2.45) is 0 Å². The van der Waals surface area contributed by atoms with Crippen LogP contribution < -0.4 is 0 Å². The number of carboxylic acid groups (broad SMARTS) is 1. The number of aromatic nitrogens is 1. The Morgan fingerprint density at radius 3 is 2.60 bits per heavy atom. The SMILES string of the molecule is Cc1cc(C(=O)O)c2c(c1)c(C(C)C)cn2CCCO. The molecule has 0 spiro atoms. The third-order valence-electron chi connectivity index (χ3n) is 3.56. The van der Waals surface area contributed by atoms with E-state index in [-0.39, 0.29) is 6.61 Å². The minimum Gasteiger partial charge on any atom is -0.478 e. The summed E-state index contributed by atoms with van der Waals surface area (Å²) in [5, 5.41) is 19.5. The summed E-state index contributed by atoms with van der Waals surface area (Å²) in [4.78, 5) is 11.5. The summed E-state index contributed by atoms with van der Waals surface area (Å²) < 4.78 is 1.96. The maximum Gasteiger partial charge on any atom is 0.337 e. The number of carboxylic acids is 1. The van der Waals surface area contributed by atoms with Crippen LogP contribution in [-0.4, -0.2) is 27.4 Å². The molecule has 1 heterocycles. The van der Waals surface area contributed by atoms with Crippen LogP contribution in [0.3, 0.4) is 0 Å². The van der Waals surface area contributed by atoms with Crippen molar-refractivity contribution in [3.05, 3.63) is 35.0 Å². The third kappa shape index (κ3) is 2.56. The first kappa shape index (κ1) is 14.6. The maximum absolute atomic E-state index is 11.5. The molecule has 108 valence electrons. The van der Waals surface area contributed by atoms with Crippen molar-refractivity contribution in [2.45, 2.75) is 39.7 Å². The van der Waals surface area contributed by atoms with Gasteiger partial charge < -0.3 is 14.8 Å². The molecular formula is C16H21NO3. The number of rotatable bonds is 5. The summed E-state index contributed by atoms with van der Waals surface area (Å²) in [6.45, 7) is 6.86. The summed E-state index contributed by atoms with van der Waals surface area (Å²) in [6, 6.07) is 3.76. The van der Waals surface area contributed by atoms with E-state index in [0.717, 1.165) is 22.0 Å². The van der Waals surface area contributed by atoms with Gasteiger partial charge in [0.2, 0.25) is 0 Å². The first-order valence-corrected chi connectivity index (χ1v) is 6.93. The second kappa shape index (κ2) is 5.67. The van der Waals surface area contributed by atoms with E-state index in [1.807, 2.05) is 23.8 Å². The summed E-state index contributed by atoms with van der Waals surface area (Å²) in [5.41, 5.74) is 3.21. The Labute approximate surface area is 118 Å². The molecule has 0 saturated carbocycles. The lowest BCUT2D eigenvalue weighted by molar-refractivity contribution is 0.0698. The molecule has 0 amide bonds. The lowest BCUT2D eigenvalue weighted by Gasteiger charge is -2.08. The average molecular weight is 275 g/mol. The van der Waals surface area contributed by atoms with Crippen LogP contribution in [0, 0.1) is 6.92 Å². The van der Waals surface area contributed by atoms with E-state index in [1.165, 1.54) is 0 Å². The number of hydrogen-bond acceptors (Lipinski definition) is 2. The van der Waals surface area contributed by atoms with Crippen molar-refractivity contribution in [2.75, 3.05) is 6.61 Å². The van der Waals surface area contributed by atoms with Crippen LogP contribution in [0.15, 0.2) is 18.3 Å². The highest BCUT2D eigenvalue weighted by molar-refractivity contribution is 6.04. The highest BCUT2D eigenvalue weighted by atomic mass is 16.4. The van der Waals surface area contributed by atoms with Crippen molar-refractivity contribution in [1.82, 2.24) is 4.57 Å². The Bertz CT molecular complexity index is 641. The van der Waals surface area contributed by atoms with Crippen molar-refractivity contribution in [1.29, 1.82) is 0 Å². The molecule has 1 aromatic heterocycles. The minimum absolute atomic E-state index is 0.102. The van der Waals surface area contributed by atoms with Crippen LogP contribution >= 0.6 is 0 Å². The highest BCUT2D eigenvalue weighted by Crippen LogP contribution is 2.31. The molecule has 0 saturated heterocycles. The summed E-state index contributed by atoms with van der Waals surface area (Å²) >= 11 is 0. The minimum atomic E-state index is -0.905. The molecule has 0 unspecified atom stereocenters. The Hall–Kier alpha value is -1.81. The van der Waals surface area contributed by atoms with Crippen LogP contribution in [0.4, 0.5) is 0 Å². The second-order valence-corrected chi connectivity index (χ2v) is 5.52. The number of aryl methyl sites for hydroxylation is 2.